The first-order valence-corrected chi connectivity index (χ1v) is 7.72. The first kappa shape index (κ1) is 13.8. The van der Waals surface area contributed by atoms with Gasteiger partial charge in [0.25, 0.3) is 0 Å². The van der Waals surface area contributed by atoms with Gasteiger partial charge in [-0.3, -0.25) is 4.68 Å². The van der Waals surface area contributed by atoms with E-state index in [1.54, 1.807) is 0 Å². The van der Waals surface area contributed by atoms with E-state index < -0.39 is 15.9 Å². The van der Waals surface area contributed by atoms with Gasteiger partial charge in [-0.2, -0.15) is 5.10 Å². The second-order valence-electron chi connectivity index (χ2n) is 4.60. The molecule has 2 rings (SSSR count). The average Bonchev–Trinajstić information content (AvgIpc) is 2.77. The molecule has 0 bridgehead atoms. The van der Waals surface area contributed by atoms with Gasteiger partial charge in [0.15, 0.2) is 9.84 Å². The number of hydrogen-bond donors (Lipinski definition) is 1. The van der Waals surface area contributed by atoms with Crippen LogP contribution in [0.2, 0.25) is 0 Å². The topological polar surface area (TPSA) is 72.2 Å². The fourth-order valence-corrected chi connectivity index (χ4v) is 2.35. The minimum Gasteiger partial charge on any atom is -0.386 e. The minimum absolute atomic E-state index is 0.156. The van der Waals surface area contributed by atoms with Gasteiger partial charge in [0.05, 0.1) is 18.8 Å². The molecule has 102 valence electrons. The van der Waals surface area contributed by atoms with E-state index in [1.807, 2.05) is 31.2 Å². The van der Waals surface area contributed by atoms with Crippen LogP contribution in [-0.4, -0.2) is 29.6 Å². The molecule has 1 unspecified atom stereocenters. The van der Waals surface area contributed by atoms with E-state index in [9.17, 15) is 13.5 Å². The molecule has 1 aromatic heterocycles. The van der Waals surface area contributed by atoms with Crippen LogP contribution in [0, 0.1) is 6.92 Å². The van der Waals surface area contributed by atoms with Gasteiger partial charge in [-0.1, -0.05) is 29.8 Å². The van der Waals surface area contributed by atoms with Crippen LogP contribution in [0.3, 0.4) is 0 Å². The molecule has 0 aliphatic rings. The Morgan fingerprint density at radius 2 is 2.16 bits per heavy atom. The standard InChI is InChI=1S/C13H16N2O3S/c1-10-4-3-5-11(6-10)13(16)9-15-8-12(7-14-15)19(2,17)18/h3-8,13,16H,9H2,1-2H3. The number of aromatic nitrogens is 2. The van der Waals surface area contributed by atoms with Gasteiger partial charge >= 0.3 is 0 Å². The highest BCUT2D eigenvalue weighted by Crippen LogP contribution is 2.17. The number of sulfone groups is 1. The molecular formula is C13H16N2O3S. The lowest BCUT2D eigenvalue weighted by molar-refractivity contribution is 0.151. The molecule has 1 aromatic carbocycles. The number of hydrogen-bond acceptors (Lipinski definition) is 4. The third kappa shape index (κ3) is 3.42. The fourth-order valence-electron chi connectivity index (χ4n) is 1.80. The van der Waals surface area contributed by atoms with Gasteiger partial charge in [0.2, 0.25) is 0 Å². The summed E-state index contributed by atoms with van der Waals surface area (Å²) in [5, 5.41) is 14.0. The molecule has 1 heterocycles. The van der Waals surface area contributed by atoms with Crippen LogP contribution < -0.4 is 0 Å². The molecule has 2 aromatic rings. The zero-order valence-electron chi connectivity index (χ0n) is 10.8. The Morgan fingerprint density at radius 1 is 1.42 bits per heavy atom. The maximum absolute atomic E-state index is 11.3. The molecule has 5 nitrogen and oxygen atoms in total. The van der Waals surface area contributed by atoms with Gasteiger partial charge in [-0.25, -0.2) is 8.42 Å². The molecule has 0 amide bonds. The van der Waals surface area contributed by atoms with Crippen LogP contribution in [-0.2, 0) is 16.4 Å². The number of benzene rings is 1. The molecular weight excluding hydrogens is 264 g/mol. The number of nitrogens with zero attached hydrogens (tertiary/aromatic N) is 2. The smallest absolute Gasteiger partial charge is 0.178 e. The Hall–Kier alpha value is -1.66. The van der Waals surface area contributed by atoms with Gasteiger partial charge < -0.3 is 5.11 Å². The highest BCUT2D eigenvalue weighted by atomic mass is 32.2. The first-order valence-electron chi connectivity index (χ1n) is 5.83. The molecule has 0 fully saturated rings. The number of rotatable bonds is 4. The Balaban J connectivity index is 2.15. The monoisotopic (exact) mass is 280 g/mol. The van der Waals surface area contributed by atoms with E-state index in [0.717, 1.165) is 17.4 Å². The maximum Gasteiger partial charge on any atom is 0.178 e. The zero-order chi connectivity index (χ0) is 14.0. The van der Waals surface area contributed by atoms with Crippen LogP contribution in [0.1, 0.15) is 17.2 Å². The van der Waals surface area contributed by atoms with Gasteiger partial charge in [0, 0.05) is 12.5 Å². The van der Waals surface area contributed by atoms with E-state index in [1.165, 1.54) is 17.1 Å². The summed E-state index contributed by atoms with van der Waals surface area (Å²) < 4.78 is 24.1. The Kier molecular flexibility index (Phi) is 3.73. The van der Waals surface area contributed by atoms with Crippen LogP contribution in [0.5, 0.6) is 0 Å². The highest BCUT2D eigenvalue weighted by Gasteiger charge is 2.13. The Labute approximate surface area is 112 Å². The molecule has 1 N–H and O–H groups in total. The summed E-state index contributed by atoms with van der Waals surface area (Å²) in [6.45, 7) is 2.17. The summed E-state index contributed by atoms with van der Waals surface area (Å²) in [5.74, 6) is 0. The summed E-state index contributed by atoms with van der Waals surface area (Å²) in [6.07, 6.45) is 3.13. The van der Waals surface area contributed by atoms with Crippen molar-refractivity contribution in [1.29, 1.82) is 0 Å². The lowest BCUT2D eigenvalue weighted by Crippen LogP contribution is -2.09. The lowest BCUT2D eigenvalue weighted by Gasteiger charge is -2.11. The average molecular weight is 280 g/mol. The van der Waals surface area contributed by atoms with E-state index in [2.05, 4.69) is 5.10 Å². The molecule has 1 atom stereocenters. The van der Waals surface area contributed by atoms with Crippen molar-refractivity contribution in [3.05, 3.63) is 47.8 Å². The molecule has 0 saturated carbocycles. The van der Waals surface area contributed by atoms with Crippen molar-refractivity contribution < 1.29 is 13.5 Å². The van der Waals surface area contributed by atoms with E-state index in [4.69, 9.17) is 0 Å². The van der Waals surface area contributed by atoms with Gasteiger partial charge in [-0.15, -0.1) is 0 Å². The van der Waals surface area contributed by atoms with Crippen molar-refractivity contribution in [2.75, 3.05) is 6.26 Å². The third-order valence-corrected chi connectivity index (χ3v) is 3.89. The van der Waals surface area contributed by atoms with Crippen LogP contribution in [0.25, 0.3) is 0 Å². The van der Waals surface area contributed by atoms with Crippen molar-refractivity contribution in [2.24, 2.45) is 0 Å². The predicted octanol–water partition coefficient (Wildman–Crippen LogP) is 1.33. The second kappa shape index (κ2) is 5.14. The van der Waals surface area contributed by atoms with Crippen molar-refractivity contribution >= 4 is 9.84 Å². The minimum atomic E-state index is -3.25. The van der Waals surface area contributed by atoms with Crippen molar-refractivity contribution in [1.82, 2.24) is 9.78 Å². The summed E-state index contributed by atoms with van der Waals surface area (Å²) in [4.78, 5) is 0.156. The zero-order valence-corrected chi connectivity index (χ0v) is 11.6. The summed E-state index contributed by atoms with van der Waals surface area (Å²) >= 11 is 0. The van der Waals surface area contributed by atoms with E-state index in [0.29, 0.717) is 0 Å². The molecule has 0 saturated heterocycles. The van der Waals surface area contributed by atoms with E-state index >= 15 is 0 Å². The molecule has 0 radical (unpaired) electrons. The molecule has 19 heavy (non-hydrogen) atoms. The fraction of sp³-hybridized carbons (Fsp3) is 0.308. The van der Waals surface area contributed by atoms with Crippen LogP contribution in [0.4, 0.5) is 0 Å². The lowest BCUT2D eigenvalue weighted by atomic mass is 10.1. The van der Waals surface area contributed by atoms with Gasteiger partial charge in [0.1, 0.15) is 4.90 Å². The van der Waals surface area contributed by atoms with Crippen molar-refractivity contribution in [2.45, 2.75) is 24.5 Å². The molecule has 0 aliphatic carbocycles. The van der Waals surface area contributed by atoms with Crippen LogP contribution in [0.15, 0.2) is 41.6 Å². The first-order chi connectivity index (χ1) is 8.86. The Morgan fingerprint density at radius 3 is 2.74 bits per heavy atom. The highest BCUT2D eigenvalue weighted by molar-refractivity contribution is 7.90. The van der Waals surface area contributed by atoms with E-state index in [-0.39, 0.29) is 11.4 Å². The maximum atomic E-state index is 11.3. The van der Waals surface area contributed by atoms with Crippen molar-refractivity contribution in [3.63, 3.8) is 0 Å². The van der Waals surface area contributed by atoms with Gasteiger partial charge in [-0.05, 0) is 12.5 Å². The summed E-state index contributed by atoms with van der Waals surface area (Å²) in [6, 6.07) is 7.55. The Bertz CT molecular complexity index is 677. The van der Waals surface area contributed by atoms with Crippen LogP contribution >= 0.6 is 0 Å². The quantitative estimate of drug-likeness (QED) is 0.917. The second-order valence-corrected chi connectivity index (χ2v) is 6.62. The SMILES string of the molecule is Cc1cccc(C(O)Cn2cc(S(C)(=O)=O)cn2)c1. The predicted molar refractivity (Wildman–Crippen MR) is 71.5 cm³/mol. The molecule has 6 heteroatoms. The normalized spacial score (nSPS) is 13.4. The molecule has 0 aliphatic heterocycles. The molecule has 0 spiro atoms. The largest absolute Gasteiger partial charge is 0.386 e. The number of aliphatic hydroxyl groups excluding tert-OH is 1. The summed E-state index contributed by atoms with van der Waals surface area (Å²) in [5.41, 5.74) is 1.85. The third-order valence-electron chi connectivity index (χ3n) is 2.82. The number of aliphatic hydroxyl groups is 1. The summed E-state index contributed by atoms with van der Waals surface area (Å²) in [7, 11) is -3.25. The number of aryl methyl sites for hydroxylation is 1. The van der Waals surface area contributed by atoms with Crippen molar-refractivity contribution in [3.8, 4) is 0 Å².